The van der Waals surface area contributed by atoms with Gasteiger partial charge in [-0.25, -0.2) is 4.79 Å². The van der Waals surface area contributed by atoms with E-state index < -0.39 is 5.97 Å². The van der Waals surface area contributed by atoms with Crippen LogP contribution in [0.2, 0.25) is 0 Å². The topological polar surface area (TPSA) is 53.1 Å². The second kappa shape index (κ2) is 4.08. The van der Waals surface area contributed by atoms with Crippen molar-refractivity contribution in [2.45, 2.75) is 19.8 Å². The minimum atomic E-state index is -0.910. The third-order valence-corrected chi connectivity index (χ3v) is 3.76. The van der Waals surface area contributed by atoms with E-state index in [9.17, 15) is 4.79 Å². The Labute approximate surface area is 107 Å². The van der Waals surface area contributed by atoms with Crippen molar-refractivity contribution in [2.24, 2.45) is 0 Å². The molecule has 4 heteroatoms. The summed E-state index contributed by atoms with van der Waals surface area (Å²) in [6.45, 7) is 4.24. The molecule has 2 N–H and O–H groups in total. The molecule has 0 radical (unpaired) electrons. The molecule has 0 saturated carbocycles. The van der Waals surface area contributed by atoms with Gasteiger partial charge >= 0.3 is 5.97 Å². The lowest BCUT2D eigenvalue weighted by Gasteiger charge is -2.04. The SMILES string of the molecule is CC(C)c1ccc2c(I)c(C(=O)O)[nH]c2c1. The highest BCUT2D eigenvalue weighted by Gasteiger charge is 2.15. The minimum absolute atomic E-state index is 0.275. The number of benzene rings is 1. The molecule has 0 amide bonds. The zero-order valence-electron chi connectivity index (χ0n) is 9.04. The summed E-state index contributed by atoms with van der Waals surface area (Å²) in [4.78, 5) is 13.9. The summed E-state index contributed by atoms with van der Waals surface area (Å²) in [5, 5.41) is 9.98. The molecular formula is C12H12INO2. The first-order valence-electron chi connectivity index (χ1n) is 5.05. The molecule has 0 aliphatic rings. The van der Waals surface area contributed by atoms with Crippen LogP contribution in [0.5, 0.6) is 0 Å². The summed E-state index contributed by atoms with van der Waals surface area (Å²) in [6, 6.07) is 6.05. The fourth-order valence-electron chi connectivity index (χ4n) is 1.69. The van der Waals surface area contributed by atoms with Gasteiger partial charge in [0.1, 0.15) is 5.69 Å². The first-order chi connectivity index (χ1) is 7.50. The van der Waals surface area contributed by atoms with E-state index in [4.69, 9.17) is 5.11 Å². The van der Waals surface area contributed by atoms with Gasteiger partial charge in [-0.1, -0.05) is 26.0 Å². The molecule has 2 aromatic rings. The summed E-state index contributed by atoms with van der Waals surface area (Å²) in [7, 11) is 0. The van der Waals surface area contributed by atoms with E-state index in [1.807, 2.05) is 12.1 Å². The number of aromatic nitrogens is 1. The Bertz CT molecular complexity index is 557. The molecule has 0 fully saturated rings. The number of rotatable bonds is 2. The minimum Gasteiger partial charge on any atom is -0.477 e. The number of hydrogen-bond acceptors (Lipinski definition) is 1. The van der Waals surface area contributed by atoms with Crippen LogP contribution in [0, 0.1) is 3.57 Å². The Kier molecular flexibility index (Phi) is 2.92. The van der Waals surface area contributed by atoms with Crippen molar-refractivity contribution in [3.8, 4) is 0 Å². The van der Waals surface area contributed by atoms with E-state index in [0.717, 1.165) is 14.5 Å². The number of carboxylic acid groups (broad SMARTS) is 1. The maximum atomic E-state index is 11.0. The highest BCUT2D eigenvalue weighted by Crippen LogP contribution is 2.27. The Morgan fingerprint density at radius 1 is 1.44 bits per heavy atom. The summed E-state index contributed by atoms with van der Waals surface area (Å²) in [5.41, 5.74) is 2.38. The number of aromatic carboxylic acids is 1. The molecule has 2 rings (SSSR count). The first kappa shape index (κ1) is 11.4. The van der Waals surface area contributed by atoms with Crippen LogP contribution in [0.25, 0.3) is 10.9 Å². The van der Waals surface area contributed by atoms with Crippen molar-refractivity contribution in [1.29, 1.82) is 0 Å². The quantitative estimate of drug-likeness (QED) is 0.827. The highest BCUT2D eigenvalue weighted by atomic mass is 127. The van der Waals surface area contributed by atoms with Gasteiger partial charge in [-0.05, 0) is 40.1 Å². The van der Waals surface area contributed by atoms with Crippen LogP contribution in [-0.2, 0) is 0 Å². The third kappa shape index (κ3) is 1.81. The van der Waals surface area contributed by atoms with Crippen molar-refractivity contribution in [2.75, 3.05) is 0 Å². The van der Waals surface area contributed by atoms with E-state index in [-0.39, 0.29) is 5.69 Å². The van der Waals surface area contributed by atoms with Gasteiger partial charge in [0.25, 0.3) is 0 Å². The lowest BCUT2D eigenvalue weighted by atomic mass is 10.0. The molecule has 0 unspecified atom stereocenters. The molecular weight excluding hydrogens is 317 g/mol. The second-order valence-corrected chi connectivity index (χ2v) is 5.16. The standard InChI is InChI=1S/C12H12INO2/c1-6(2)7-3-4-8-9(5-7)14-11(10(8)13)12(15)16/h3-6,14H,1-2H3,(H,15,16). The number of aromatic amines is 1. The van der Waals surface area contributed by atoms with Gasteiger partial charge in [-0.3, -0.25) is 0 Å². The zero-order valence-corrected chi connectivity index (χ0v) is 11.2. The smallest absolute Gasteiger partial charge is 0.353 e. The molecule has 0 aliphatic heterocycles. The fraction of sp³-hybridized carbons (Fsp3) is 0.250. The number of hydrogen-bond donors (Lipinski definition) is 2. The van der Waals surface area contributed by atoms with Gasteiger partial charge in [-0.15, -0.1) is 0 Å². The number of carbonyl (C=O) groups is 1. The Hall–Kier alpha value is -1.04. The van der Waals surface area contributed by atoms with Crippen LogP contribution in [0.3, 0.4) is 0 Å². The summed E-state index contributed by atoms with van der Waals surface area (Å²) in [5.74, 6) is -0.467. The number of halogens is 1. The van der Waals surface area contributed by atoms with Crippen LogP contribution < -0.4 is 0 Å². The van der Waals surface area contributed by atoms with Gasteiger partial charge in [0.05, 0.1) is 3.57 Å². The maximum Gasteiger partial charge on any atom is 0.353 e. The average Bonchev–Trinajstić information content (AvgIpc) is 2.55. The molecule has 0 atom stereocenters. The van der Waals surface area contributed by atoms with Crippen molar-refractivity contribution in [3.63, 3.8) is 0 Å². The van der Waals surface area contributed by atoms with E-state index in [1.54, 1.807) is 0 Å². The normalized spacial score (nSPS) is 11.2. The second-order valence-electron chi connectivity index (χ2n) is 4.08. The van der Waals surface area contributed by atoms with Crippen LogP contribution in [0.15, 0.2) is 18.2 Å². The fourth-order valence-corrected chi connectivity index (χ4v) is 2.52. The first-order valence-corrected chi connectivity index (χ1v) is 6.13. The molecule has 84 valence electrons. The molecule has 0 aliphatic carbocycles. The molecule has 0 bridgehead atoms. The van der Waals surface area contributed by atoms with Crippen LogP contribution >= 0.6 is 22.6 Å². The van der Waals surface area contributed by atoms with E-state index in [2.05, 4.69) is 47.5 Å². The molecule has 1 heterocycles. The monoisotopic (exact) mass is 329 g/mol. The van der Waals surface area contributed by atoms with E-state index in [1.165, 1.54) is 5.56 Å². The lowest BCUT2D eigenvalue weighted by molar-refractivity contribution is 0.0690. The van der Waals surface area contributed by atoms with E-state index >= 15 is 0 Å². The predicted octanol–water partition coefficient (Wildman–Crippen LogP) is 3.59. The highest BCUT2D eigenvalue weighted by molar-refractivity contribution is 14.1. The molecule has 1 aromatic carbocycles. The molecule has 1 aromatic heterocycles. The summed E-state index contributed by atoms with van der Waals surface area (Å²) >= 11 is 2.07. The maximum absolute atomic E-state index is 11.0. The molecule has 0 saturated heterocycles. The number of nitrogens with one attached hydrogen (secondary N) is 1. The van der Waals surface area contributed by atoms with Crippen molar-refractivity contribution >= 4 is 39.5 Å². The van der Waals surface area contributed by atoms with Crippen molar-refractivity contribution in [1.82, 2.24) is 4.98 Å². The Balaban J connectivity index is 2.67. The third-order valence-electron chi connectivity index (χ3n) is 2.64. The zero-order chi connectivity index (χ0) is 11.9. The molecule has 16 heavy (non-hydrogen) atoms. The lowest BCUT2D eigenvalue weighted by Crippen LogP contribution is -1.97. The number of H-pyrrole nitrogens is 1. The van der Waals surface area contributed by atoms with Crippen molar-refractivity contribution < 1.29 is 9.90 Å². The number of carboxylic acids is 1. The van der Waals surface area contributed by atoms with Gasteiger partial charge < -0.3 is 10.1 Å². The van der Waals surface area contributed by atoms with Crippen molar-refractivity contribution in [3.05, 3.63) is 33.0 Å². The van der Waals surface area contributed by atoms with Gasteiger partial charge in [0, 0.05) is 10.9 Å². The van der Waals surface area contributed by atoms with Gasteiger partial charge in [-0.2, -0.15) is 0 Å². The van der Waals surface area contributed by atoms with Crippen LogP contribution in [0.4, 0.5) is 0 Å². The number of fused-ring (bicyclic) bond motifs is 1. The Morgan fingerprint density at radius 2 is 2.12 bits per heavy atom. The van der Waals surface area contributed by atoms with Gasteiger partial charge in [0.15, 0.2) is 0 Å². The van der Waals surface area contributed by atoms with Crippen LogP contribution in [-0.4, -0.2) is 16.1 Å². The van der Waals surface area contributed by atoms with Crippen LogP contribution in [0.1, 0.15) is 35.8 Å². The Morgan fingerprint density at radius 3 is 2.69 bits per heavy atom. The largest absolute Gasteiger partial charge is 0.477 e. The summed E-state index contributed by atoms with van der Waals surface area (Å²) in [6.07, 6.45) is 0. The molecule has 0 spiro atoms. The predicted molar refractivity (Wildman–Crippen MR) is 72.1 cm³/mol. The summed E-state index contributed by atoms with van der Waals surface area (Å²) < 4.78 is 0.774. The van der Waals surface area contributed by atoms with E-state index in [0.29, 0.717) is 5.92 Å². The van der Waals surface area contributed by atoms with Gasteiger partial charge in [0.2, 0.25) is 0 Å². The molecule has 3 nitrogen and oxygen atoms in total. The average molecular weight is 329 g/mol.